The minimum Gasteiger partial charge on any atom is -0.395 e. The lowest BCUT2D eigenvalue weighted by atomic mass is 10.2. The number of hydrogen-bond acceptors (Lipinski definition) is 8. The van der Waals surface area contributed by atoms with E-state index in [2.05, 4.69) is 20.3 Å². The topological polar surface area (TPSA) is 129 Å². The third-order valence-electron chi connectivity index (χ3n) is 3.34. The lowest BCUT2D eigenvalue weighted by Gasteiger charge is -2.19. The predicted octanol–water partition coefficient (Wildman–Crippen LogP) is 1.64. The largest absolute Gasteiger partial charge is 0.395 e. The second kappa shape index (κ2) is 7.91. The average molecular weight is 388 g/mol. The normalized spacial score (nSPS) is 11.4. The fourth-order valence-electron chi connectivity index (χ4n) is 2.20. The Balaban J connectivity index is 2.31. The van der Waals surface area contributed by atoms with Gasteiger partial charge in [0.25, 0.3) is 10.1 Å². The Morgan fingerprint density at radius 1 is 1.28 bits per heavy atom. The molecule has 0 aliphatic rings. The molecule has 25 heavy (non-hydrogen) atoms. The van der Waals surface area contributed by atoms with Gasteiger partial charge in [0, 0.05) is 18.8 Å². The number of hydrogen-bond donors (Lipinski definition) is 3. The van der Waals surface area contributed by atoms with Crippen LogP contribution in [0.1, 0.15) is 12.5 Å². The molecule has 0 saturated carbocycles. The second-order valence-corrected chi connectivity index (χ2v) is 6.84. The van der Waals surface area contributed by atoms with Crippen LogP contribution in [-0.2, 0) is 10.1 Å². The molecule has 0 atom stereocenters. The first-order valence-corrected chi connectivity index (χ1v) is 9.19. The van der Waals surface area contributed by atoms with Crippen molar-refractivity contribution < 1.29 is 18.1 Å². The zero-order valence-electron chi connectivity index (χ0n) is 13.6. The molecule has 136 valence electrons. The molecule has 0 unspecified atom stereocenters. The molecule has 11 heteroatoms. The molecule has 0 fully saturated rings. The number of nitrogens with zero attached hydrogens (tertiary/aromatic N) is 4. The van der Waals surface area contributed by atoms with Gasteiger partial charge in [0.15, 0.2) is 0 Å². The van der Waals surface area contributed by atoms with Crippen LogP contribution in [0.5, 0.6) is 0 Å². The number of aromatic nitrogens is 3. The quantitative estimate of drug-likeness (QED) is 0.607. The van der Waals surface area contributed by atoms with Gasteiger partial charge in [-0.2, -0.15) is 23.4 Å². The van der Waals surface area contributed by atoms with E-state index in [1.807, 2.05) is 6.92 Å². The maximum absolute atomic E-state index is 11.2. The van der Waals surface area contributed by atoms with Crippen LogP contribution in [0.2, 0.25) is 5.28 Å². The van der Waals surface area contributed by atoms with E-state index in [0.717, 1.165) is 0 Å². The molecule has 9 nitrogen and oxygen atoms in total. The summed E-state index contributed by atoms with van der Waals surface area (Å²) in [6.45, 7) is 4.30. The highest BCUT2D eigenvalue weighted by Gasteiger charge is 2.15. The fourth-order valence-corrected chi connectivity index (χ4v) is 3.06. The minimum absolute atomic E-state index is 0.0184. The van der Waals surface area contributed by atoms with Crippen LogP contribution in [-0.4, -0.2) is 52.7 Å². The summed E-state index contributed by atoms with van der Waals surface area (Å²) in [7, 11) is -4.28. The van der Waals surface area contributed by atoms with Gasteiger partial charge in [-0.05, 0) is 49.2 Å². The lowest BCUT2D eigenvalue weighted by Crippen LogP contribution is -2.28. The number of likely N-dealkylation sites (N-methyl/N-ethyl adjacent to an activating group) is 1. The summed E-state index contributed by atoms with van der Waals surface area (Å²) in [5, 5.41) is 12.0. The molecule has 2 aromatic rings. The summed E-state index contributed by atoms with van der Waals surface area (Å²) in [6, 6.07) is 4.28. The van der Waals surface area contributed by atoms with Crippen molar-refractivity contribution in [3.63, 3.8) is 0 Å². The Bertz CT molecular complexity index is 862. The SMILES string of the molecule is CCN(CCO)c1nc(Cl)nc(Nc2ccc(S(=O)(=O)O)c(C)c2)n1. The maximum Gasteiger partial charge on any atom is 0.294 e. The van der Waals surface area contributed by atoms with Crippen molar-refractivity contribution in [1.82, 2.24) is 15.0 Å². The second-order valence-electron chi connectivity index (χ2n) is 5.11. The molecule has 1 aromatic heterocycles. The predicted molar refractivity (Wildman–Crippen MR) is 94.1 cm³/mol. The van der Waals surface area contributed by atoms with E-state index in [1.54, 1.807) is 11.8 Å². The van der Waals surface area contributed by atoms with Crippen LogP contribution < -0.4 is 10.2 Å². The molecule has 0 bridgehead atoms. The van der Waals surface area contributed by atoms with Gasteiger partial charge in [0.05, 0.1) is 11.5 Å². The van der Waals surface area contributed by atoms with Crippen LogP contribution in [0.25, 0.3) is 0 Å². The maximum atomic E-state index is 11.2. The molecule has 0 amide bonds. The van der Waals surface area contributed by atoms with Crippen molar-refractivity contribution in [3.05, 3.63) is 29.0 Å². The third kappa shape index (κ3) is 4.98. The summed E-state index contributed by atoms with van der Waals surface area (Å²) >= 11 is 5.93. The van der Waals surface area contributed by atoms with Crippen LogP contribution in [0.3, 0.4) is 0 Å². The number of rotatable bonds is 7. The van der Waals surface area contributed by atoms with Crippen molar-refractivity contribution in [2.45, 2.75) is 18.7 Å². The molecule has 0 radical (unpaired) electrons. The van der Waals surface area contributed by atoms with E-state index in [0.29, 0.717) is 30.3 Å². The number of nitrogens with one attached hydrogen (secondary N) is 1. The number of benzene rings is 1. The van der Waals surface area contributed by atoms with Gasteiger partial charge >= 0.3 is 0 Å². The molecular formula is C14H18ClN5O4S. The fraction of sp³-hybridized carbons (Fsp3) is 0.357. The van der Waals surface area contributed by atoms with Gasteiger partial charge in [-0.3, -0.25) is 4.55 Å². The molecule has 2 rings (SSSR count). The lowest BCUT2D eigenvalue weighted by molar-refractivity contribution is 0.301. The highest BCUT2D eigenvalue weighted by atomic mass is 35.5. The summed E-state index contributed by atoms with van der Waals surface area (Å²) in [5.41, 5.74) is 0.881. The number of anilines is 3. The molecular weight excluding hydrogens is 370 g/mol. The first-order chi connectivity index (χ1) is 11.7. The number of aliphatic hydroxyl groups excluding tert-OH is 1. The Morgan fingerprint density at radius 2 is 2.00 bits per heavy atom. The van der Waals surface area contributed by atoms with E-state index >= 15 is 0 Å². The molecule has 0 aliphatic heterocycles. The Hall–Kier alpha value is -2.01. The van der Waals surface area contributed by atoms with Crippen molar-refractivity contribution in [2.75, 3.05) is 29.9 Å². The Morgan fingerprint density at radius 3 is 2.56 bits per heavy atom. The van der Waals surface area contributed by atoms with E-state index in [-0.39, 0.29) is 22.7 Å². The Labute approximate surface area is 150 Å². The number of halogens is 1. The van der Waals surface area contributed by atoms with Crippen molar-refractivity contribution in [3.8, 4) is 0 Å². The van der Waals surface area contributed by atoms with Gasteiger partial charge in [-0.25, -0.2) is 0 Å². The van der Waals surface area contributed by atoms with Gasteiger partial charge in [0.2, 0.25) is 17.2 Å². The first-order valence-electron chi connectivity index (χ1n) is 7.37. The summed E-state index contributed by atoms with van der Waals surface area (Å²) in [6.07, 6.45) is 0. The molecule has 0 spiro atoms. The first kappa shape index (κ1) is 19.3. The smallest absolute Gasteiger partial charge is 0.294 e. The van der Waals surface area contributed by atoms with Gasteiger partial charge < -0.3 is 15.3 Å². The van der Waals surface area contributed by atoms with E-state index < -0.39 is 10.1 Å². The summed E-state index contributed by atoms with van der Waals surface area (Å²) < 4.78 is 31.6. The molecule has 0 aliphatic carbocycles. The number of aliphatic hydroxyl groups is 1. The summed E-state index contributed by atoms with van der Waals surface area (Å²) in [4.78, 5) is 13.8. The van der Waals surface area contributed by atoms with Gasteiger partial charge in [0.1, 0.15) is 0 Å². The van der Waals surface area contributed by atoms with Crippen LogP contribution in [0, 0.1) is 6.92 Å². The summed E-state index contributed by atoms with van der Waals surface area (Å²) in [5.74, 6) is 0.482. The average Bonchev–Trinajstić information content (AvgIpc) is 2.50. The third-order valence-corrected chi connectivity index (χ3v) is 4.52. The molecule has 1 aromatic carbocycles. The standard InChI is InChI=1S/C14H18ClN5O4S/c1-3-20(6-7-21)14-18-12(15)17-13(19-14)16-10-4-5-11(9(2)8-10)25(22,23)24/h4-5,8,21H,3,6-7H2,1-2H3,(H,22,23,24)(H,16,17,18,19). The monoisotopic (exact) mass is 387 g/mol. The van der Waals surface area contributed by atoms with Crippen molar-refractivity contribution in [2.24, 2.45) is 0 Å². The number of aryl methyl sites for hydroxylation is 1. The van der Waals surface area contributed by atoms with Crippen LogP contribution in [0.4, 0.5) is 17.6 Å². The van der Waals surface area contributed by atoms with Gasteiger partial charge in [-0.1, -0.05) is 0 Å². The van der Waals surface area contributed by atoms with Crippen molar-refractivity contribution in [1.29, 1.82) is 0 Å². The van der Waals surface area contributed by atoms with Crippen LogP contribution >= 0.6 is 11.6 Å². The van der Waals surface area contributed by atoms with Crippen molar-refractivity contribution >= 4 is 39.3 Å². The van der Waals surface area contributed by atoms with E-state index in [1.165, 1.54) is 18.2 Å². The minimum atomic E-state index is -4.28. The Kier molecular flexibility index (Phi) is 6.11. The van der Waals surface area contributed by atoms with Gasteiger partial charge in [-0.15, -0.1) is 0 Å². The highest BCUT2D eigenvalue weighted by Crippen LogP contribution is 2.22. The van der Waals surface area contributed by atoms with E-state index in [9.17, 15) is 8.42 Å². The molecule has 3 N–H and O–H groups in total. The molecule has 1 heterocycles. The zero-order chi connectivity index (χ0) is 18.6. The molecule has 0 saturated heterocycles. The highest BCUT2D eigenvalue weighted by molar-refractivity contribution is 7.85. The van der Waals surface area contributed by atoms with Crippen LogP contribution in [0.15, 0.2) is 23.1 Å². The zero-order valence-corrected chi connectivity index (χ0v) is 15.2. The van der Waals surface area contributed by atoms with E-state index in [4.69, 9.17) is 21.3 Å².